The first-order chi connectivity index (χ1) is 17.6. The zero-order valence-electron chi connectivity index (χ0n) is 20.8. The molecule has 0 radical (unpaired) electrons. The van der Waals surface area contributed by atoms with E-state index in [1.165, 1.54) is 11.8 Å². The van der Waals surface area contributed by atoms with Gasteiger partial charge in [-0.3, -0.25) is 19.4 Å². The van der Waals surface area contributed by atoms with Crippen molar-refractivity contribution in [2.75, 3.05) is 24.3 Å². The number of hydrogen-bond acceptors (Lipinski definition) is 8. The average molecular weight is 556 g/mol. The smallest absolute Gasteiger partial charge is 0.326 e. The van der Waals surface area contributed by atoms with E-state index in [0.29, 0.717) is 18.6 Å². The lowest BCUT2D eigenvalue weighted by Gasteiger charge is -2.25. The Morgan fingerprint density at radius 2 is 1.57 bits per heavy atom. The third-order valence-corrected chi connectivity index (χ3v) is 6.29. The molecule has 4 unspecified atom stereocenters. The molecule has 0 heterocycles. The quantitative estimate of drug-likeness (QED) is 0.0502. The second-order valence-electron chi connectivity index (χ2n) is 8.23. The van der Waals surface area contributed by atoms with Gasteiger partial charge in [0.25, 0.3) is 0 Å². The van der Waals surface area contributed by atoms with Gasteiger partial charge in [0.05, 0.1) is 6.04 Å². The molecule has 1 aromatic carbocycles. The van der Waals surface area contributed by atoms with Gasteiger partial charge in [-0.2, -0.15) is 24.4 Å². The molecular weight excluding hydrogens is 518 g/mol. The van der Waals surface area contributed by atoms with Crippen LogP contribution in [0, 0.1) is 0 Å². The first kappa shape index (κ1) is 32.1. The van der Waals surface area contributed by atoms with Crippen molar-refractivity contribution < 1.29 is 24.3 Å². The van der Waals surface area contributed by atoms with Crippen molar-refractivity contribution in [3.63, 3.8) is 0 Å². The Labute approximate surface area is 226 Å². The number of nitrogens with one attached hydrogen (secondary N) is 3. The predicted molar refractivity (Wildman–Crippen MR) is 148 cm³/mol. The maximum absolute atomic E-state index is 13.2. The van der Waals surface area contributed by atoms with Crippen LogP contribution in [0.3, 0.4) is 0 Å². The highest BCUT2D eigenvalue weighted by Crippen LogP contribution is 2.08. The molecule has 14 heteroatoms. The number of guanidine groups is 1. The van der Waals surface area contributed by atoms with E-state index < -0.39 is 47.9 Å². The van der Waals surface area contributed by atoms with Gasteiger partial charge in [-0.1, -0.05) is 30.3 Å². The summed E-state index contributed by atoms with van der Waals surface area (Å²) < 4.78 is 0. The Balaban J connectivity index is 3.05. The molecule has 0 fully saturated rings. The molecule has 0 spiro atoms. The van der Waals surface area contributed by atoms with Crippen LogP contribution in [0.4, 0.5) is 0 Å². The van der Waals surface area contributed by atoms with Crippen LogP contribution in [0.1, 0.15) is 24.8 Å². The summed E-state index contributed by atoms with van der Waals surface area (Å²) in [7, 11) is 0. The van der Waals surface area contributed by atoms with E-state index in [2.05, 4.69) is 33.6 Å². The number of benzene rings is 1. The summed E-state index contributed by atoms with van der Waals surface area (Å²) in [6.45, 7) is 0.206. The number of carboxylic acid groups (broad SMARTS) is 1. The van der Waals surface area contributed by atoms with Crippen molar-refractivity contribution >= 4 is 54.0 Å². The minimum absolute atomic E-state index is 0.0812. The first-order valence-electron chi connectivity index (χ1n) is 11.7. The summed E-state index contributed by atoms with van der Waals surface area (Å²) in [4.78, 5) is 54.2. The Hall–Kier alpha value is -2.97. The fraction of sp³-hybridized carbons (Fsp3) is 0.522. The maximum Gasteiger partial charge on any atom is 0.326 e. The zero-order chi connectivity index (χ0) is 27.8. The van der Waals surface area contributed by atoms with Gasteiger partial charge in [-0.25, -0.2) is 4.79 Å². The third kappa shape index (κ3) is 12.7. The molecule has 206 valence electrons. The van der Waals surface area contributed by atoms with Crippen molar-refractivity contribution in [3.8, 4) is 0 Å². The second kappa shape index (κ2) is 17.5. The number of aliphatic carboxylic acids is 1. The molecule has 3 amide bonds. The molecule has 10 N–H and O–H groups in total. The number of thioether (sulfide) groups is 1. The largest absolute Gasteiger partial charge is 0.480 e. The SMILES string of the molecule is CSCCC(NC(=O)C(N)CS)C(=O)NC(Cc1ccccc1)C(=O)NC(CCCN=C(N)N)C(=O)O. The summed E-state index contributed by atoms with van der Waals surface area (Å²) in [6.07, 6.45) is 2.68. The van der Waals surface area contributed by atoms with E-state index in [-0.39, 0.29) is 31.1 Å². The molecule has 0 saturated carbocycles. The van der Waals surface area contributed by atoms with Gasteiger partial charge in [0.15, 0.2) is 5.96 Å². The normalized spacial score (nSPS) is 13.9. The molecule has 0 saturated heterocycles. The molecule has 0 aromatic heterocycles. The monoisotopic (exact) mass is 555 g/mol. The average Bonchev–Trinajstić information content (AvgIpc) is 2.87. The molecule has 0 aliphatic heterocycles. The number of carboxylic acids is 1. The number of carbonyl (C=O) groups is 4. The zero-order valence-corrected chi connectivity index (χ0v) is 22.5. The maximum atomic E-state index is 13.2. The minimum atomic E-state index is -1.23. The number of rotatable bonds is 17. The van der Waals surface area contributed by atoms with Crippen molar-refractivity contribution in [2.24, 2.45) is 22.2 Å². The molecule has 0 aliphatic carbocycles. The number of aliphatic imine (C=N–C) groups is 1. The Bertz CT molecular complexity index is 916. The van der Waals surface area contributed by atoms with Crippen LogP contribution in [-0.4, -0.2) is 83.2 Å². The van der Waals surface area contributed by atoms with Crippen LogP contribution in [0.5, 0.6) is 0 Å². The van der Waals surface area contributed by atoms with Crippen LogP contribution in [0.15, 0.2) is 35.3 Å². The first-order valence-corrected chi connectivity index (χ1v) is 13.7. The highest BCUT2D eigenvalue weighted by atomic mass is 32.2. The van der Waals surface area contributed by atoms with E-state index in [1.54, 1.807) is 24.3 Å². The number of hydrogen-bond donors (Lipinski definition) is 8. The summed E-state index contributed by atoms with van der Waals surface area (Å²) >= 11 is 5.51. The van der Waals surface area contributed by atoms with Gasteiger partial charge in [-0.05, 0) is 36.8 Å². The molecule has 0 bridgehead atoms. The van der Waals surface area contributed by atoms with E-state index in [9.17, 15) is 24.3 Å². The highest BCUT2D eigenvalue weighted by molar-refractivity contribution is 7.98. The van der Waals surface area contributed by atoms with Gasteiger partial charge in [0.2, 0.25) is 17.7 Å². The number of nitrogens with zero attached hydrogens (tertiary/aromatic N) is 1. The standard InChI is InChI=1S/C23H37N7O5S2/c1-37-11-9-16(28-19(31)15(24)13-36)20(32)30-18(12-14-6-3-2-4-7-14)21(33)29-17(22(34)35)8-5-10-27-23(25)26/h2-4,6-7,15-18,36H,5,8-13,24H2,1H3,(H,28,31)(H,29,33)(H,30,32)(H,34,35)(H4,25,26,27). The van der Waals surface area contributed by atoms with Gasteiger partial charge < -0.3 is 38.3 Å². The summed E-state index contributed by atoms with van der Waals surface area (Å²) in [5, 5.41) is 17.4. The van der Waals surface area contributed by atoms with Crippen molar-refractivity contribution in [1.29, 1.82) is 0 Å². The van der Waals surface area contributed by atoms with E-state index >= 15 is 0 Å². The number of thiol groups is 1. The van der Waals surface area contributed by atoms with E-state index in [1.807, 2.05) is 12.3 Å². The molecule has 4 atom stereocenters. The summed E-state index contributed by atoms with van der Waals surface area (Å²) in [6, 6.07) is 4.82. The van der Waals surface area contributed by atoms with Crippen LogP contribution in [-0.2, 0) is 25.6 Å². The van der Waals surface area contributed by atoms with E-state index in [4.69, 9.17) is 17.2 Å². The lowest BCUT2D eigenvalue weighted by Crippen LogP contribution is -2.58. The van der Waals surface area contributed by atoms with Crippen molar-refractivity contribution in [2.45, 2.75) is 49.9 Å². The lowest BCUT2D eigenvalue weighted by atomic mass is 10.0. The molecule has 0 aliphatic rings. The van der Waals surface area contributed by atoms with Gasteiger partial charge in [0, 0.05) is 18.7 Å². The molecule has 12 nitrogen and oxygen atoms in total. The summed E-state index contributed by atoms with van der Waals surface area (Å²) in [5.74, 6) is -2.46. The number of carbonyl (C=O) groups excluding carboxylic acids is 3. The predicted octanol–water partition coefficient (Wildman–Crippen LogP) is -1.17. The minimum Gasteiger partial charge on any atom is -0.480 e. The van der Waals surface area contributed by atoms with Crippen LogP contribution in [0.25, 0.3) is 0 Å². The second-order valence-corrected chi connectivity index (χ2v) is 9.58. The fourth-order valence-electron chi connectivity index (χ4n) is 3.23. The Kier molecular flexibility index (Phi) is 15.1. The number of nitrogens with two attached hydrogens (primary N) is 3. The fourth-order valence-corrected chi connectivity index (χ4v) is 3.87. The Morgan fingerprint density at radius 1 is 0.973 bits per heavy atom. The van der Waals surface area contributed by atoms with Crippen LogP contribution in [0.2, 0.25) is 0 Å². The highest BCUT2D eigenvalue weighted by Gasteiger charge is 2.30. The molecular formula is C23H37N7O5S2. The third-order valence-electron chi connectivity index (χ3n) is 5.25. The number of amides is 3. The molecule has 37 heavy (non-hydrogen) atoms. The Morgan fingerprint density at radius 3 is 2.14 bits per heavy atom. The van der Waals surface area contributed by atoms with Gasteiger partial charge >= 0.3 is 5.97 Å². The topological polar surface area (TPSA) is 215 Å². The van der Waals surface area contributed by atoms with Crippen molar-refractivity contribution in [1.82, 2.24) is 16.0 Å². The molecule has 1 aromatic rings. The van der Waals surface area contributed by atoms with Crippen molar-refractivity contribution in [3.05, 3.63) is 35.9 Å². The summed E-state index contributed by atoms with van der Waals surface area (Å²) in [5.41, 5.74) is 17.0. The van der Waals surface area contributed by atoms with Gasteiger partial charge in [0.1, 0.15) is 18.1 Å². The van der Waals surface area contributed by atoms with Crippen LogP contribution >= 0.6 is 24.4 Å². The lowest BCUT2D eigenvalue weighted by molar-refractivity contribution is -0.142. The molecule has 1 rings (SSSR count). The van der Waals surface area contributed by atoms with Gasteiger partial charge in [-0.15, -0.1) is 0 Å². The van der Waals surface area contributed by atoms with E-state index in [0.717, 1.165) is 5.56 Å². The van der Waals surface area contributed by atoms with Crippen LogP contribution < -0.4 is 33.2 Å².